The summed E-state index contributed by atoms with van der Waals surface area (Å²) in [5.74, 6) is 3.88. The molecule has 138 valence electrons. The monoisotopic (exact) mass is 358 g/mol. The van der Waals surface area contributed by atoms with E-state index in [0.717, 1.165) is 29.7 Å². The van der Waals surface area contributed by atoms with Gasteiger partial charge in [0.1, 0.15) is 5.75 Å². The van der Waals surface area contributed by atoms with E-state index in [1.807, 2.05) is 42.5 Å². The number of benzene rings is 2. The molecule has 5 unspecified atom stereocenters. The van der Waals surface area contributed by atoms with Gasteiger partial charge in [0, 0.05) is 0 Å². The number of hydrogen-bond acceptors (Lipinski definition) is 2. The Morgan fingerprint density at radius 1 is 0.815 bits per heavy atom. The third kappa shape index (κ3) is 3.22. The largest absolute Gasteiger partial charge is 0.426 e. The van der Waals surface area contributed by atoms with Gasteiger partial charge in [0.2, 0.25) is 0 Å². The zero-order valence-electron chi connectivity index (χ0n) is 15.6. The van der Waals surface area contributed by atoms with Crippen LogP contribution in [0.1, 0.15) is 43.2 Å². The molecule has 0 saturated heterocycles. The summed E-state index contributed by atoms with van der Waals surface area (Å²) < 4.78 is 5.75. The smallest absolute Gasteiger partial charge is 0.314 e. The number of ether oxygens (including phenoxy) is 1. The minimum atomic E-state index is 0.000396. The van der Waals surface area contributed by atoms with Crippen molar-refractivity contribution >= 4 is 18.1 Å². The van der Waals surface area contributed by atoms with Crippen LogP contribution in [0.25, 0.3) is 12.2 Å². The molecule has 3 aliphatic rings. The Balaban J connectivity index is 1.21. The topological polar surface area (TPSA) is 26.3 Å². The van der Waals surface area contributed by atoms with Crippen LogP contribution in [0.15, 0.2) is 54.6 Å². The molecule has 2 nitrogen and oxygen atoms in total. The van der Waals surface area contributed by atoms with Crippen molar-refractivity contribution in [3.05, 3.63) is 65.7 Å². The van der Waals surface area contributed by atoms with E-state index in [9.17, 15) is 4.79 Å². The normalized spacial score (nSPS) is 31.3. The molecule has 2 aromatic carbocycles. The van der Waals surface area contributed by atoms with Crippen molar-refractivity contribution in [2.45, 2.75) is 32.1 Å². The van der Waals surface area contributed by atoms with Crippen molar-refractivity contribution < 1.29 is 9.53 Å². The Bertz CT molecular complexity index is 836. The second-order valence-electron chi connectivity index (χ2n) is 8.49. The lowest BCUT2D eigenvalue weighted by Gasteiger charge is -2.30. The van der Waals surface area contributed by atoms with Crippen molar-refractivity contribution in [2.75, 3.05) is 0 Å². The minimum absolute atomic E-state index is 0.000396. The highest BCUT2D eigenvalue weighted by Gasteiger charge is 2.56. The van der Waals surface area contributed by atoms with Crippen LogP contribution in [0.4, 0.5) is 0 Å². The summed E-state index contributed by atoms with van der Waals surface area (Å²) in [6, 6.07) is 18.1. The SMILES string of the molecule is O=C(Oc1ccc(/C=C\c2ccccc2)cc1)C1CC2CC1C1CCCC21. The Morgan fingerprint density at radius 3 is 2.30 bits per heavy atom. The van der Waals surface area contributed by atoms with Gasteiger partial charge in [0.25, 0.3) is 0 Å². The van der Waals surface area contributed by atoms with Gasteiger partial charge in [-0.2, -0.15) is 0 Å². The summed E-state index contributed by atoms with van der Waals surface area (Å²) in [4.78, 5) is 12.8. The van der Waals surface area contributed by atoms with Crippen LogP contribution in [0, 0.1) is 29.6 Å². The van der Waals surface area contributed by atoms with E-state index in [-0.39, 0.29) is 11.9 Å². The molecule has 0 N–H and O–H groups in total. The van der Waals surface area contributed by atoms with E-state index in [0.29, 0.717) is 11.7 Å². The predicted molar refractivity (Wildman–Crippen MR) is 108 cm³/mol. The third-order valence-electron chi connectivity index (χ3n) is 7.10. The zero-order valence-corrected chi connectivity index (χ0v) is 15.6. The van der Waals surface area contributed by atoms with Crippen LogP contribution in [0.5, 0.6) is 5.75 Å². The van der Waals surface area contributed by atoms with Crippen molar-refractivity contribution in [1.29, 1.82) is 0 Å². The van der Waals surface area contributed by atoms with Gasteiger partial charge in [-0.1, -0.05) is 61.0 Å². The number of carbonyl (C=O) groups is 1. The van der Waals surface area contributed by atoms with Gasteiger partial charge >= 0.3 is 5.97 Å². The van der Waals surface area contributed by atoms with Crippen molar-refractivity contribution in [1.82, 2.24) is 0 Å². The maximum Gasteiger partial charge on any atom is 0.314 e. The molecule has 0 heterocycles. The predicted octanol–water partition coefficient (Wildman–Crippen LogP) is 5.83. The fraction of sp³-hybridized carbons (Fsp3) is 0.400. The van der Waals surface area contributed by atoms with Gasteiger partial charge < -0.3 is 4.74 Å². The fourth-order valence-electron chi connectivity index (χ4n) is 5.93. The van der Waals surface area contributed by atoms with Gasteiger partial charge in [0.05, 0.1) is 5.92 Å². The Kier molecular flexibility index (Phi) is 4.35. The van der Waals surface area contributed by atoms with Crippen LogP contribution in [0.3, 0.4) is 0 Å². The number of hydrogen-bond donors (Lipinski definition) is 0. The lowest BCUT2D eigenvalue weighted by Crippen LogP contribution is -2.32. The van der Waals surface area contributed by atoms with Crippen molar-refractivity contribution in [3.63, 3.8) is 0 Å². The van der Waals surface area contributed by atoms with E-state index >= 15 is 0 Å². The molecule has 3 aliphatic carbocycles. The van der Waals surface area contributed by atoms with E-state index in [4.69, 9.17) is 4.74 Å². The van der Waals surface area contributed by atoms with Gasteiger partial charge in [-0.25, -0.2) is 0 Å². The molecule has 2 heteroatoms. The number of carbonyl (C=O) groups excluding carboxylic acids is 1. The second-order valence-corrected chi connectivity index (χ2v) is 8.49. The Hall–Kier alpha value is -2.35. The minimum Gasteiger partial charge on any atom is -0.426 e. The molecule has 2 aromatic rings. The first kappa shape index (κ1) is 16.8. The molecule has 27 heavy (non-hydrogen) atoms. The van der Waals surface area contributed by atoms with Gasteiger partial charge in [-0.05, 0) is 72.6 Å². The first-order valence-corrected chi connectivity index (χ1v) is 10.3. The van der Waals surface area contributed by atoms with Crippen molar-refractivity contribution in [2.24, 2.45) is 29.6 Å². The molecule has 5 atom stereocenters. The van der Waals surface area contributed by atoms with E-state index < -0.39 is 0 Å². The van der Waals surface area contributed by atoms with E-state index in [1.54, 1.807) is 0 Å². The average Bonchev–Trinajstić information content (AvgIpc) is 3.41. The lowest BCUT2D eigenvalue weighted by atomic mass is 9.76. The maximum absolute atomic E-state index is 12.8. The molecule has 0 spiro atoms. The lowest BCUT2D eigenvalue weighted by molar-refractivity contribution is -0.141. The molecule has 0 amide bonds. The fourth-order valence-corrected chi connectivity index (χ4v) is 5.93. The summed E-state index contributed by atoms with van der Waals surface area (Å²) in [7, 11) is 0. The van der Waals surface area contributed by atoms with Gasteiger partial charge in [-0.3, -0.25) is 4.79 Å². The second kappa shape index (κ2) is 6.99. The van der Waals surface area contributed by atoms with Crippen LogP contribution >= 0.6 is 0 Å². The summed E-state index contributed by atoms with van der Waals surface area (Å²) >= 11 is 0. The third-order valence-corrected chi connectivity index (χ3v) is 7.10. The van der Waals surface area contributed by atoms with Crippen molar-refractivity contribution in [3.8, 4) is 5.75 Å². The highest BCUT2D eigenvalue weighted by Crippen LogP contribution is 2.61. The summed E-state index contributed by atoms with van der Waals surface area (Å²) in [6.45, 7) is 0. The molecule has 3 saturated carbocycles. The quantitative estimate of drug-likeness (QED) is 0.390. The molecular formula is C25H26O2. The molecular weight excluding hydrogens is 332 g/mol. The van der Waals surface area contributed by atoms with Crippen LogP contribution in [0.2, 0.25) is 0 Å². The molecule has 3 fully saturated rings. The first-order valence-electron chi connectivity index (χ1n) is 10.3. The molecule has 2 bridgehead atoms. The molecule has 0 aromatic heterocycles. The standard InChI is InChI=1S/C25H26O2/c26-25(24-16-19-15-23(24)22-8-4-7-21(19)22)27-20-13-11-18(12-14-20)10-9-17-5-2-1-3-6-17/h1-3,5-6,9-14,19,21-24H,4,7-8,15-16H2/b10-9-. The number of fused-ring (bicyclic) bond motifs is 5. The molecule has 5 rings (SSSR count). The molecule has 0 radical (unpaired) electrons. The first-order chi connectivity index (χ1) is 13.3. The highest BCUT2D eigenvalue weighted by atomic mass is 16.5. The van der Waals surface area contributed by atoms with Gasteiger partial charge in [0.15, 0.2) is 0 Å². The van der Waals surface area contributed by atoms with E-state index in [1.165, 1.54) is 31.2 Å². The summed E-state index contributed by atoms with van der Waals surface area (Å²) in [6.07, 6.45) is 10.6. The van der Waals surface area contributed by atoms with Gasteiger partial charge in [-0.15, -0.1) is 0 Å². The molecule has 0 aliphatic heterocycles. The highest BCUT2D eigenvalue weighted by molar-refractivity contribution is 5.76. The summed E-state index contributed by atoms with van der Waals surface area (Å²) in [5.41, 5.74) is 2.28. The Morgan fingerprint density at radius 2 is 1.52 bits per heavy atom. The maximum atomic E-state index is 12.8. The summed E-state index contributed by atoms with van der Waals surface area (Å²) in [5, 5.41) is 0. The number of esters is 1. The van der Waals surface area contributed by atoms with Crippen LogP contribution in [-0.2, 0) is 4.79 Å². The van der Waals surface area contributed by atoms with Crippen LogP contribution in [-0.4, -0.2) is 5.97 Å². The zero-order chi connectivity index (χ0) is 18.2. The average molecular weight is 358 g/mol. The van der Waals surface area contributed by atoms with Crippen LogP contribution < -0.4 is 4.74 Å². The number of rotatable bonds is 4. The van der Waals surface area contributed by atoms with E-state index in [2.05, 4.69) is 24.3 Å². The Labute approximate surface area is 161 Å².